The zero-order valence-electron chi connectivity index (χ0n) is 12.4. The van der Waals surface area contributed by atoms with Crippen molar-refractivity contribution in [3.8, 4) is 0 Å². The van der Waals surface area contributed by atoms with Crippen molar-refractivity contribution in [3.63, 3.8) is 0 Å². The van der Waals surface area contributed by atoms with Crippen LogP contribution in [-0.4, -0.2) is 33.1 Å². The fraction of sp³-hybridized carbons (Fsp3) is 0.375. The molecule has 1 aromatic rings. The van der Waals surface area contributed by atoms with Crippen LogP contribution in [0.3, 0.4) is 0 Å². The summed E-state index contributed by atoms with van der Waals surface area (Å²) in [5.74, 6) is 0.920. The lowest BCUT2D eigenvalue weighted by molar-refractivity contribution is 0.519. The first-order valence-electron chi connectivity index (χ1n) is 7.67. The Bertz CT molecular complexity index is 782. The molecular weight excluding hydrogens is 348 g/mol. The predicted octanol–water partition coefficient (Wildman–Crippen LogP) is 3.96. The van der Waals surface area contributed by atoms with Gasteiger partial charge >= 0.3 is 0 Å². The average Bonchev–Trinajstić information content (AvgIpc) is 3.00. The molecule has 118 valence electrons. The second-order valence-corrected chi connectivity index (χ2v) is 8.53. The number of hydrogen-bond donors (Lipinski definition) is 1. The zero-order chi connectivity index (χ0) is 15.4. The number of thioether (sulfide) groups is 2. The Labute approximate surface area is 148 Å². The predicted molar refractivity (Wildman–Crippen MR) is 99.6 cm³/mol. The third-order valence-electron chi connectivity index (χ3n) is 4.57. The second-order valence-electron chi connectivity index (χ2n) is 6.30. The van der Waals surface area contributed by atoms with E-state index < -0.39 is 0 Å². The van der Waals surface area contributed by atoms with Crippen LogP contribution >= 0.6 is 35.1 Å². The molecule has 1 saturated carbocycles. The van der Waals surface area contributed by atoms with Gasteiger partial charge in [-0.25, -0.2) is 4.99 Å². The molecule has 1 aliphatic carbocycles. The summed E-state index contributed by atoms with van der Waals surface area (Å²) >= 11 is 9.62. The van der Waals surface area contributed by atoms with Gasteiger partial charge in [-0.1, -0.05) is 35.1 Å². The zero-order valence-corrected chi connectivity index (χ0v) is 14.8. The second kappa shape index (κ2) is 5.19. The van der Waals surface area contributed by atoms with Crippen LogP contribution in [0, 0.1) is 0 Å². The molecule has 0 atom stereocenters. The molecule has 4 nitrogen and oxygen atoms in total. The van der Waals surface area contributed by atoms with E-state index in [0.29, 0.717) is 5.54 Å². The van der Waals surface area contributed by atoms with Gasteiger partial charge < -0.3 is 10.2 Å². The van der Waals surface area contributed by atoms with Crippen molar-refractivity contribution >= 4 is 51.1 Å². The molecule has 1 spiro atoms. The number of fused-ring (bicyclic) bond motifs is 2. The molecule has 1 aromatic carbocycles. The van der Waals surface area contributed by atoms with Crippen molar-refractivity contribution < 1.29 is 0 Å². The topological polar surface area (TPSA) is 40.0 Å². The monoisotopic (exact) mass is 362 g/mol. The van der Waals surface area contributed by atoms with Crippen molar-refractivity contribution in [2.45, 2.75) is 24.9 Å². The molecule has 0 unspecified atom stereocenters. The van der Waals surface area contributed by atoms with Gasteiger partial charge in [-0.15, -0.1) is 0 Å². The summed E-state index contributed by atoms with van der Waals surface area (Å²) < 4.78 is 0. The van der Waals surface area contributed by atoms with Crippen molar-refractivity contribution in [2.24, 2.45) is 9.98 Å². The van der Waals surface area contributed by atoms with Gasteiger partial charge in [0, 0.05) is 16.5 Å². The average molecular weight is 363 g/mol. The minimum atomic E-state index is 0.328. The van der Waals surface area contributed by atoms with E-state index in [1.54, 1.807) is 23.5 Å². The van der Waals surface area contributed by atoms with E-state index >= 15 is 0 Å². The van der Waals surface area contributed by atoms with Crippen LogP contribution in [0.5, 0.6) is 0 Å². The molecule has 7 heteroatoms. The summed E-state index contributed by atoms with van der Waals surface area (Å²) in [6.45, 7) is 1.80. The summed E-state index contributed by atoms with van der Waals surface area (Å²) in [7, 11) is 0. The number of hydrogen-bond acceptors (Lipinski definition) is 6. The lowest BCUT2D eigenvalue weighted by Gasteiger charge is -2.27. The molecule has 0 radical (unpaired) electrons. The number of nitrogens with zero attached hydrogens (tertiary/aromatic N) is 3. The third kappa shape index (κ3) is 2.57. The van der Waals surface area contributed by atoms with E-state index in [-0.39, 0.29) is 0 Å². The van der Waals surface area contributed by atoms with E-state index in [2.05, 4.69) is 20.6 Å². The maximum absolute atomic E-state index is 6.12. The maximum atomic E-state index is 6.12. The van der Waals surface area contributed by atoms with Gasteiger partial charge in [0.25, 0.3) is 0 Å². The van der Waals surface area contributed by atoms with Crippen LogP contribution in [0.25, 0.3) is 0 Å². The van der Waals surface area contributed by atoms with Gasteiger partial charge in [0.2, 0.25) is 0 Å². The molecule has 1 fully saturated rings. The first kappa shape index (κ1) is 14.3. The number of aliphatic imine (C=N–C) groups is 2. The normalized spacial score (nSPS) is 23.0. The van der Waals surface area contributed by atoms with Crippen LogP contribution in [0.1, 0.15) is 18.4 Å². The van der Waals surface area contributed by atoms with Crippen LogP contribution < -0.4 is 5.32 Å². The van der Waals surface area contributed by atoms with Crippen molar-refractivity contribution in [1.82, 2.24) is 10.2 Å². The van der Waals surface area contributed by atoms with Gasteiger partial charge in [-0.2, -0.15) is 0 Å². The quantitative estimate of drug-likeness (QED) is 0.864. The van der Waals surface area contributed by atoms with Crippen LogP contribution in [0.15, 0.2) is 39.3 Å². The Hall–Kier alpha value is -1.11. The van der Waals surface area contributed by atoms with Crippen molar-refractivity contribution in [2.75, 3.05) is 12.3 Å². The van der Waals surface area contributed by atoms with E-state index in [0.717, 1.165) is 39.9 Å². The summed E-state index contributed by atoms with van der Waals surface area (Å²) in [5, 5.41) is 8.72. The Balaban J connectivity index is 1.29. The molecule has 5 rings (SSSR count). The van der Waals surface area contributed by atoms with E-state index in [9.17, 15) is 0 Å². The Morgan fingerprint density at radius 3 is 3.13 bits per heavy atom. The standard InChI is InChI=1S/C16H15ClN4S2/c17-11-1-2-13-10(5-11)6-21-12(8-23-15(21)19-13)7-22-14-18-9-16(20-14)3-4-16/h1-2,5,8H,3-4,6-7,9H2,(H,18,20). The summed E-state index contributed by atoms with van der Waals surface area (Å²) in [6.07, 6.45) is 2.53. The molecule has 1 N–H and O–H groups in total. The SMILES string of the molecule is Clc1ccc2c(c1)CN1C(CSC3=NCC4(CC4)N3)=CSC1=N2. The molecule has 23 heavy (non-hydrogen) atoms. The summed E-state index contributed by atoms with van der Waals surface area (Å²) in [4.78, 5) is 11.7. The number of benzene rings is 1. The van der Waals surface area contributed by atoms with E-state index in [1.165, 1.54) is 24.1 Å². The van der Waals surface area contributed by atoms with Crippen LogP contribution in [-0.2, 0) is 6.54 Å². The minimum absolute atomic E-state index is 0.328. The number of rotatable bonds is 2. The van der Waals surface area contributed by atoms with Gasteiger partial charge in [0.1, 0.15) is 0 Å². The van der Waals surface area contributed by atoms with E-state index in [1.807, 2.05) is 18.2 Å². The lowest BCUT2D eigenvalue weighted by Crippen LogP contribution is -2.31. The Morgan fingerprint density at radius 2 is 2.30 bits per heavy atom. The smallest absolute Gasteiger partial charge is 0.173 e. The Kier molecular flexibility index (Phi) is 3.22. The highest BCUT2D eigenvalue weighted by Crippen LogP contribution is 2.41. The first-order valence-corrected chi connectivity index (χ1v) is 9.91. The fourth-order valence-electron chi connectivity index (χ4n) is 2.99. The molecule has 4 aliphatic rings. The first-order chi connectivity index (χ1) is 11.2. The lowest BCUT2D eigenvalue weighted by atomic mass is 10.1. The highest BCUT2D eigenvalue weighted by molar-refractivity contribution is 8.17. The molecule has 3 heterocycles. The molecule has 0 saturated heterocycles. The van der Waals surface area contributed by atoms with Crippen molar-refractivity contribution in [3.05, 3.63) is 39.9 Å². The highest BCUT2D eigenvalue weighted by atomic mass is 35.5. The molecular formula is C16H15ClN4S2. The molecule has 0 aromatic heterocycles. The van der Waals surface area contributed by atoms with Gasteiger partial charge in [-0.05, 0) is 42.0 Å². The minimum Gasteiger partial charge on any atom is -0.358 e. The van der Waals surface area contributed by atoms with Gasteiger partial charge in [0.15, 0.2) is 10.3 Å². The third-order valence-corrected chi connectivity index (χ3v) is 6.66. The van der Waals surface area contributed by atoms with E-state index in [4.69, 9.17) is 16.6 Å². The van der Waals surface area contributed by atoms with Gasteiger partial charge in [-0.3, -0.25) is 4.99 Å². The largest absolute Gasteiger partial charge is 0.358 e. The highest BCUT2D eigenvalue weighted by Gasteiger charge is 2.46. The molecule has 0 bridgehead atoms. The summed E-state index contributed by atoms with van der Waals surface area (Å²) in [6, 6.07) is 5.92. The number of nitrogens with one attached hydrogen (secondary N) is 1. The molecule has 0 amide bonds. The number of amidine groups is 2. The van der Waals surface area contributed by atoms with Crippen LogP contribution in [0.2, 0.25) is 5.02 Å². The van der Waals surface area contributed by atoms with Gasteiger partial charge in [0.05, 0.1) is 24.3 Å². The summed E-state index contributed by atoms with van der Waals surface area (Å²) in [5.41, 5.74) is 3.85. The maximum Gasteiger partial charge on any atom is 0.173 e. The Morgan fingerprint density at radius 1 is 1.39 bits per heavy atom. The van der Waals surface area contributed by atoms with Crippen LogP contribution in [0.4, 0.5) is 5.69 Å². The fourth-order valence-corrected chi connectivity index (χ4v) is 5.17. The number of halogens is 1. The van der Waals surface area contributed by atoms with Crippen molar-refractivity contribution in [1.29, 1.82) is 0 Å². The molecule has 3 aliphatic heterocycles.